The lowest BCUT2D eigenvalue weighted by atomic mass is 10.2. The van der Waals surface area contributed by atoms with Gasteiger partial charge in [-0.25, -0.2) is 0 Å². The van der Waals surface area contributed by atoms with Gasteiger partial charge in [0.2, 0.25) is 11.8 Å². The monoisotopic (exact) mass is 324 g/mol. The van der Waals surface area contributed by atoms with Crippen molar-refractivity contribution in [2.75, 3.05) is 22.9 Å². The van der Waals surface area contributed by atoms with Crippen LogP contribution in [0.4, 0.5) is 11.4 Å². The van der Waals surface area contributed by atoms with Crippen molar-refractivity contribution in [1.82, 2.24) is 0 Å². The van der Waals surface area contributed by atoms with Crippen LogP contribution in [0.3, 0.4) is 0 Å². The van der Waals surface area contributed by atoms with Gasteiger partial charge in [0.05, 0.1) is 0 Å². The molecule has 0 heterocycles. The molecule has 2 amide bonds. The molecule has 4 heteroatoms. The maximum absolute atomic E-state index is 12.0. The summed E-state index contributed by atoms with van der Waals surface area (Å²) in [6.45, 7) is 8.01. The quantitative estimate of drug-likeness (QED) is 0.841. The topological polar surface area (TPSA) is 40.6 Å². The summed E-state index contributed by atoms with van der Waals surface area (Å²) in [7, 11) is 0. The van der Waals surface area contributed by atoms with Crippen molar-refractivity contribution in [3.63, 3.8) is 0 Å². The first kappa shape index (κ1) is 17.7. The van der Waals surface area contributed by atoms with E-state index >= 15 is 0 Å². The number of nitrogens with zero attached hydrogens (tertiary/aromatic N) is 2. The Balaban J connectivity index is 2.16. The van der Waals surface area contributed by atoms with Gasteiger partial charge in [-0.3, -0.25) is 9.59 Å². The molecular weight excluding hydrogens is 300 g/mol. The largest absolute Gasteiger partial charge is 0.311 e. The van der Waals surface area contributed by atoms with Crippen molar-refractivity contribution in [1.29, 1.82) is 0 Å². The summed E-state index contributed by atoms with van der Waals surface area (Å²) >= 11 is 0. The van der Waals surface area contributed by atoms with E-state index in [-0.39, 0.29) is 11.8 Å². The average Bonchev–Trinajstić information content (AvgIpc) is 2.53. The molecule has 0 saturated carbocycles. The van der Waals surface area contributed by atoms with Crippen molar-refractivity contribution >= 4 is 23.2 Å². The molecular formula is C20H24N2O2. The average molecular weight is 324 g/mol. The summed E-state index contributed by atoms with van der Waals surface area (Å²) in [6, 6.07) is 15.6. The Kier molecular flexibility index (Phi) is 5.74. The first-order chi connectivity index (χ1) is 11.4. The molecule has 0 radical (unpaired) electrons. The summed E-state index contributed by atoms with van der Waals surface area (Å²) in [4.78, 5) is 27.4. The normalized spacial score (nSPS) is 10.3. The predicted molar refractivity (Wildman–Crippen MR) is 98.4 cm³/mol. The SMILES string of the molecule is CC(=O)N(CCN(C(C)=O)c1ccc(C)cc1)c1ccc(C)cc1. The maximum Gasteiger partial charge on any atom is 0.223 e. The van der Waals surface area contributed by atoms with Gasteiger partial charge < -0.3 is 9.80 Å². The van der Waals surface area contributed by atoms with Crippen molar-refractivity contribution in [2.45, 2.75) is 27.7 Å². The maximum atomic E-state index is 12.0. The number of hydrogen-bond donors (Lipinski definition) is 0. The Labute approximate surface area is 143 Å². The molecule has 2 rings (SSSR count). The molecule has 0 bridgehead atoms. The molecule has 0 aliphatic heterocycles. The summed E-state index contributed by atoms with van der Waals surface area (Å²) in [5.74, 6) is -0.0717. The van der Waals surface area contributed by atoms with E-state index in [1.165, 1.54) is 0 Å². The van der Waals surface area contributed by atoms with Crippen LogP contribution in [-0.2, 0) is 9.59 Å². The third kappa shape index (κ3) is 4.44. The fourth-order valence-electron chi connectivity index (χ4n) is 2.59. The lowest BCUT2D eigenvalue weighted by molar-refractivity contribution is -0.118. The molecule has 0 fully saturated rings. The second kappa shape index (κ2) is 7.77. The number of rotatable bonds is 5. The van der Waals surface area contributed by atoms with Gasteiger partial charge in [-0.2, -0.15) is 0 Å². The minimum Gasteiger partial charge on any atom is -0.311 e. The first-order valence-corrected chi connectivity index (χ1v) is 8.08. The first-order valence-electron chi connectivity index (χ1n) is 8.08. The van der Waals surface area contributed by atoms with E-state index in [4.69, 9.17) is 0 Å². The zero-order valence-corrected chi connectivity index (χ0v) is 14.7. The molecule has 0 aliphatic rings. The Morgan fingerprint density at radius 1 is 0.667 bits per heavy atom. The number of amides is 2. The van der Waals surface area contributed by atoms with Crippen LogP contribution < -0.4 is 9.80 Å². The number of carbonyl (C=O) groups excluding carboxylic acids is 2. The lowest BCUT2D eigenvalue weighted by Gasteiger charge is -2.27. The van der Waals surface area contributed by atoms with Crippen molar-refractivity contribution in [3.05, 3.63) is 59.7 Å². The van der Waals surface area contributed by atoms with E-state index in [9.17, 15) is 9.59 Å². The fraction of sp³-hybridized carbons (Fsp3) is 0.300. The van der Waals surface area contributed by atoms with Gasteiger partial charge in [0.25, 0.3) is 0 Å². The molecule has 0 aromatic heterocycles. The van der Waals surface area contributed by atoms with Gasteiger partial charge in [-0.05, 0) is 38.1 Å². The van der Waals surface area contributed by atoms with Gasteiger partial charge in [0.1, 0.15) is 0 Å². The molecule has 2 aromatic carbocycles. The van der Waals surface area contributed by atoms with Crippen LogP contribution in [-0.4, -0.2) is 24.9 Å². The number of anilines is 2. The second-order valence-electron chi connectivity index (χ2n) is 6.01. The third-order valence-corrected chi connectivity index (χ3v) is 4.00. The van der Waals surface area contributed by atoms with Crippen LogP contribution in [0.1, 0.15) is 25.0 Å². The van der Waals surface area contributed by atoms with Gasteiger partial charge in [0, 0.05) is 38.3 Å². The molecule has 4 nitrogen and oxygen atoms in total. The van der Waals surface area contributed by atoms with E-state index in [1.54, 1.807) is 23.6 Å². The van der Waals surface area contributed by atoms with E-state index in [0.717, 1.165) is 22.5 Å². The van der Waals surface area contributed by atoms with Crippen LogP contribution in [0.5, 0.6) is 0 Å². The van der Waals surface area contributed by atoms with Crippen molar-refractivity contribution < 1.29 is 9.59 Å². The number of hydrogen-bond acceptors (Lipinski definition) is 2. The zero-order chi connectivity index (χ0) is 17.7. The van der Waals surface area contributed by atoms with E-state index in [2.05, 4.69) is 0 Å². The minimum absolute atomic E-state index is 0.0359. The highest BCUT2D eigenvalue weighted by molar-refractivity contribution is 5.93. The van der Waals surface area contributed by atoms with Crippen LogP contribution in [0, 0.1) is 13.8 Å². The van der Waals surface area contributed by atoms with E-state index in [1.807, 2.05) is 62.4 Å². The molecule has 126 valence electrons. The van der Waals surface area contributed by atoms with E-state index in [0.29, 0.717) is 13.1 Å². The Morgan fingerprint density at radius 2 is 0.958 bits per heavy atom. The van der Waals surface area contributed by atoms with Gasteiger partial charge in [0.15, 0.2) is 0 Å². The van der Waals surface area contributed by atoms with Crippen molar-refractivity contribution in [3.8, 4) is 0 Å². The smallest absolute Gasteiger partial charge is 0.223 e. The second-order valence-corrected chi connectivity index (χ2v) is 6.01. The molecule has 2 aromatic rings. The highest BCUT2D eigenvalue weighted by Gasteiger charge is 2.16. The van der Waals surface area contributed by atoms with E-state index < -0.39 is 0 Å². The highest BCUT2D eigenvalue weighted by atomic mass is 16.2. The molecule has 0 atom stereocenters. The molecule has 0 saturated heterocycles. The van der Waals surface area contributed by atoms with Gasteiger partial charge in [-0.1, -0.05) is 35.4 Å². The standard InChI is InChI=1S/C20H24N2O2/c1-15-5-9-19(10-6-15)21(17(3)23)13-14-22(18(4)24)20-11-7-16(2)8-12-20/h5-12H,13-14H2,1-4H3. The highest BCUT2D eigenvalue weighted by Crippen LogP contribution is 2.18. The summed E-state index contributed by atoms with van der Waals surface area (Å²) in [5.41, 5.74) is 3.99. The number of benzene rings is 2. The zero-order valence-electron chi connectivity index (χ0n) is 14.7. The summed E-state index contributed by atoms with van der Waals surface area (Å²) < 4.78 is 0. The van der Waals surface area contributed by atoms with Crippen LogP contribution in [0.15, 0.2) is 48.5 Å². The van der Waals surface area contributed by atoms with Crippen LogP contribution in [0.2, 0.25) is 0 Å². The van der Waals surface area contributed by atoms with Crippen molar-refractivity contribution in [2.24, 2.45) is 0 Å². The molecule has 0 spiro atoms. The number of aryl methyl sites for hydroxylation is 2. The third-order valence-electron chi connectivity index (χ3n) is 4.00. The Hall–Kier alpha value is -2.62. The number of carbonyl (C=O) groups is 2. The molecule has 0 unspecified atom stereocenters. The minimum atomic E-state index is -0.0359. The fourth-order valence-corrected chi connectivity index (χ4v) is 2.59. The van der Waals surface area contributed by atoms with Crippen LogP contribution in [0.25, 0.3) is 0 Å². The Bertz CT molecular complexity index is 642. The van der Waals surface area contributed by atoms with Gasteiger partial charge in [-0.15, -0.1) is 0 Å². The lowest BCUT2D eigenvalue weighted by Crippen LogP contribution is -2.39. The summed E-state index contributed by atoms with van der Waals surface area (Å²) in [6.07, 6.45) is 0. The molecule has 0 aliphatic carbocycles. The Morgan fingerprint density at radius 3 is 1.21 bits per heavy atom. The molecule has 24 heavy (non-hydrogen) atoms. The van der Waals surface area contributed by atoms with Crippen LogP contribution >= 0.6 is 0 Å². The predicted octanol–water partition coefficient (Wildman–Crippen LogP) is 3.71. The summed E-state index contributed by atoms with van der Waals surface area (Å²) in [5, 5.41) is 0. The molecule has 0 N–H and O–H groups in total. The van der Waals surface area contributed by atoms with Gasteiger partial charge >= 0.3 is 0 Å².